The molecule has 132 valence electrons. The average Bonchev–Trinajstić information content (AvgIpc) is 2.60. The Morgan fingerprint density at radius 1 is 1.04 bits per heavy atom. The van der Waals surface area contributed by atoms with E-state index in [4.69, 9.17) is 0 Å². The highest BCUT2D eigenvalue weighted by Crippen LogP contribution is 2.31. The van der Waals surface area contributed by atoms with Crippen LogP contribution in [0.4, 0.5) is 0 Å². The van der Waals surface area contributed by atoms with E-state index in [0.29, 0.717) is 0 Å². The van der Waals surface area contributed by atoms with Gasteiger partial charge in [0.05, 0.1) is 11.5 Å². The lowest BCUT2D eigenvalue weighted by molar-refractivity contribution is -0.633. The van der Waals surface area contributed by atoms with Crippen molar-refractivity contribution in [2.24, 2.45) is 12.5 Å². The molecule has 2 nitrogen and oxygen atoms in total. The second-order valence-corrected chi connectivity index (χ2v) is 8.06. The van der Waals surface area contributed by atoms with Crippen LogP contribution in [0.2, 0.25) is 0 Å². The predicted octanol–water partition coefficient (Wildman–Crippen LogP) is 5.35. The SMILES string of the molecule is Cc1cc(C)c(C)c(-c2cc(CC(C)(C)C#N)c3ccccc3[n+]2C)c1. The normalized spacial score (nSPS) is 11.6. The molecular weight excluding hydrogens is 316 g/mol. The Morgan fingerprint density at radius 3 is 2.42 bits per heavy atom. The highest BCUT2D eigenvalue weighted by molar-refractivity contribution is 5.82. The Labute approximate surface area is 156 Å². The van der Waals surface area contributed by atoms with E-state index in [1.54, 1.807) is 0 Å². The largest absolute Gasteiger partial charge is 0.213 e. The Kier molecular flexibility index (Phi) is 4.59. The van der Waals surface area contributed by atoms with Crippen molar-refractivity contribution < 1.29 is 4.57 Å². The summed E-state index contributed by atoms with van der Waals surface area (Å²) >= 11 is 0. The smallest absolute Gasteiger partial charge is 0.198 e. The number of nitrogens with zero attached hydrogens (tertiary/aromatic N) is 2. The van der Waals surface area contributed by atoms with E-state index >= 15 is 0 Å². The number of fused-ring (bicyclic) bond motifs is 1. The second-order valence-electron chi connectivity index (χ2n) is 8.06. The molecule has 0 bridgehead atoms. The van der Waals surface area contributed by atoms with E-state index in [-0.39, 0.29) is 0 Å². The lowest BCUT2D eigenvalue weighted by Crippen LogP contribution is -2.33. The molecule has 26 heavy (non-hydrogen) atoms. The van der Waals surface area contributed by atoms with Gasteiger partial charge in [-0.25, -0.2) is 0 Å². The summed E-state index contributed by atoms with van der Waals surface area (Å²) in [4.78, 5) is 0. The van der Waals surface area contributed by atoms with Crippen LogP contribution < -0.4 is 4.57 Å². The van der Waals surface area contributed by atoms with Gasteiger partial charge in [0, 0.05) is 23.1 Å². The first-order valence-corrected chi connectivity index (χ1v) is 9.13. The number of para-hydroxylation sites is 1. The number of hydrogen-bond acceptors (Lipinski definition) is 1. The summed E-state index contributed by atoms with van der Waals surface area (Å²) < 4.78 is 2.28. The summed E-state index contributed by atoms with van der Waals surface area (Å²) in [7, 11) is 2.13. The molecule has 0 saturated heterocycles. The highest BCUT2D eigenvalue weighted by atomic mass is 14.9. The molecule has 0 aliphatic rings. The van der Waals surface area contributed by atoms with Crippen molar-refractivity contribution in [3.8, 4) is 17.3 Å². The first-order valence-electron chi connectivity index (χ1n) is 9.13. The minimum Gasteiger partial charge on any atom is -0.198 e. The third-order valence-electron chi connectivity index (χ3n) is 5.31. The summed E-state index contributed by atoms with van der Waals surface area (Å²) in [6.45, 7) is 10.5. The molecule has 1 aromatic heterocycles. The third-order valence-corrected chi connectivity index (χ3v) is 5.31. The van der Waals surface area contributed by atoms with Gasteiger partial charge in [0.15, 0.2) is 0 Å². The number of pyridine rings is 1. The van der Waals surface area contributed by atoms with Crippen LogP contribution in [-0.2, 0) is 13.5 Å². The summed E-state index contributed by atoms with van der Waals surface area (Å²) in [6, 6.07) is 17.7. The number of hydrogen-bond donors (Lipinski definition) is 0. The maximum absolute atomic E-state index is 9.53. The molecule has 0 aliphatic carbocycles. The molecule has 2 aromatic carbocycles. The number of benzene rings is 2. The molecule has 2 heteroatoms. The summed E-state index contributed by atoms with van der Waals surface area (Å²) in [6.07, 6.45) is 0.738. The van der Waals surface area contributed by atoms with Crippen molar-refractivity contribution >= 4 is 10.9 Å². The minimum absolute atomic E-state index is 0.391. The first-order chi connectivity index (χ1) is 12.2. The monoisotopic (exact) mass is 343 g/mol. The van der Waals surface area contributed by atoms with Crippen LogP contribution in [-0.4, -0.2) is 0 Å². The Morgan fingerprint density at radius 2 is 1.73 bits per heavy atom. The van der Waals surface area contributed by atoms with Gasteiger partial charge in [-0.1, -0.05) is 23.8 Å². The van der Waals surface area contributed by atoms with Crippen LogP contribution >= 0.6 is 0 Å². The van der Waals surface area contributed by atoms with Gasteiger partial charge in [-0.2, -0.15) is 9.83 Å². The Bertz CT molecular complexity index is 1040. The van der Waals surface area contributed by atoms with Crippen molar-refractivity contribution in [2.75, 3.05) is 0 Å². The summed E-state index contributed by atoms with van der Waals surface area (Å²) in [5.74, 6) is 0. The molecule has 3 rings (SSSR count). The van der Waals surface area contributed by atoms with Gasteiger partial charge in [0.1, 0.15) is 7.05 Å². The van der Waals surface area contributed by atoms with E-state index < -0.39 is 5.41 Å². The lowest BCUT2D eigenvalue weighted by atomic mass is 9.85. The van der Waals surface area contributed by atoms with E-state index in [1.807, 2.05) is 13.8 Å². The topological polar surface area (TPSA) is 27.7 Å². The van der Waals surface area contributed by atoms with Gasteiger partial charge < -0.3 is 0 Å². The van der Waals surface area contributed by atoms with Gasteiger partial charge in [-0.3, -0.25) is 0 Å². The van der Waals surface area contributed by atoms with Crippen molar-refractivity contribution in [3.63, 3.8) is 0 Å². The van der Waals surface area contributed by atoms with Crippen LogP contribution in [0, 0.1) is 37.5 Å². The molecule has 0 radical (unpaired) electrons. The fourth-order valence-electron chi connectivity index (χ4n) is 3.73. The second kappa shape index (κ2) is 6.57. The maximum Gasteiger partial charge on any atom is 0.213 e. The number of nitriles is 1. The third kappa shape index (κ3) is 3.22. The fourth-order valence-corrected chi connectivity index (χ4v) is 3.73. The molecular formula is C24H27N2+. The summed E-state index contributed by atoms with van der Waals surface area (Å²) in [5.41, 5.74) is 8.42. The zero-order valence-corrected chi connectivity index (χ0v) is 16.6. The van der Waals surface area contributed by atoms with Crippen LogP contribution in [0.25, 0.3) is 22.2 Å². The molecule has 3 aromatic rings. The molecule has 0 saturated carbocycles. The molecule has 0 spiro atoms. The fraction of sp³-hybridized carbons (Fsp3) is 0.333. The maximum atomic E-state index is 9.53. The van der Waals surface area contributed by atoms with Crippen LogP contribution in [0.15, 0.2) is 42.5 Å². The number of aromatic nitrogens is 1. The summed E-state index contributed by atoms with van der Waals surface area (Å²) in [5, 5.41) is 10.8. The molecule has 0 N–H and O–H groups in total. The van der Waals surface area contributed by atoms with Crippen LogP contribution in [0.1, 0.15) is 36.1 Å². The molecule has 0 aliphatic heterocycles. The van der Waals surface area contributed by atoms with Crippen molar-refractivity contribution in [3.05, 3.63) is 64.7 Å². The zero-order valence-electron chi connectivity index (χ0n) is 16.6. The molecule has 0 unspecified atom stereocenters. The van der Waals surface area contributed by atoms with Gasteiger partial charge in [0.25, 0.3) is 0 Å². The minimum atomic E-state index is -0.391. The molecule has 0 amide bonds. The van der Waals surface area contributed by atoms with Crippen molar-refractivity contribution in [2.45, 2.75) is 41.0 Å². The van der Waals surface area contributed by atoms with E-state index in [1.165, 1.54) is 44.4 Å². The quantitative estimate of drug-likeness (QED) is 0.589. The van der Waals surface area contributed by atoms with Crippen LogP contribution in [0.3, 0.4) is 0 Å². The number of aryl methyl sites for hydroxylation is 3. The first kappa shape index (κ1) is 18.1. The standard InChI is InChI=1S/C24H27N2/c1-16-11-17(2)18(3)21(12-16)23-13-19(14-24(4,5)15-25)20-9-7-8-10-22(20)26(23)6/h7-13H,14H2,1-6H3/q+1. The zero-order chi connectivity index (χ0) is 19.1. The van der Waals surface area contributed by atoms with Gasteiger partial charge in [0.2, 0.25) is 11.2 Å². The Balaban J connectivity index is 2.35. The van der Waals surface area contributed by atoms with E-state index in [2.05, 4.69) is 80.9 Å². The molecule has 0 fully saturated rings. The van der Waals surface area contributed by atoms with Gasteiger partial charge in [-0.05, 0) is 69.9 Å². The van der Waals surface area contributed by atoms with Gasteiger partial charge >= 0.3 is 0 Å². The lowest BCUT2D eigenvalue weighted by Gasteiger charge is -2.18. The van der Waals surface area contributed by atoms with Crippen LogP contribution in [0.5, 0.6) is 0 Å². The van der Waals surface area contributed by atoms with Gasteiger partial charge in [-0.15, -0.1) is 0 Å². The van der Waals surface area contributed by atoms with Crippen molar-refractivity contribution in [1.82, 2.24) is 0 Å². The average molecular weight is 343 g/mol. The highest BCUT2D eigenvalue weighted by Gasteiger charge is 2.24. The molecule has 0 atom stereocenters. The van der Waals surface area contributed by atoms with E-state index in [0.717, 1.165) is 6.42 Å². The predicted molar refractivity (Wildman–Crippen MR) is 108 cm³/mol. The van der Waals surface area contributed by atoms with Crippen molar-refractivity contribution in [1.29, 1.82) is 5.26 Å². The Hall–Kier alpha value is -2.66. The molecule has 1 heterocycles. The number of rotatable bonds is 3. The van der Waals surface area contributed by atoms with E-state index in [9.17, 15) is 5.26 Å².